The quantitative estimate of drug-likeness (QED) is 0.599. The van der Waals surface area contributed by atoms with Crippen molar-refractivity contribution in [3.05, 3.63) is 29.8 Å². The van der Waals surface area contributed by atoms with Gasteiger partial charge in [-0.3, -0.25) is 11.3 Å². The van der Waals surface area contributed by atoms with Gasteiger partial charge in [0.25, 0.3) is 0 Å². The summed E-state index contributed by atoms with van der Waals surface area (Å²) in [6.45, 7) is 0. The molecule has 0 radical (unpaired) electrons. The topological polar surface area (TPSA) is 56.5 Å². The first-order valence-corrected chi connectivity index (χ1v) is 7.90. The van der Waals surface area contributed by atoms with Crippen LogP contribution >= 0.6 is 0 Å². The van der Waals surface area contributed by atoms with Crippen LogP contribution in [0.4, 0.5) is 0 Å². The van der Waals surface area contributed by atoms with Crippen LogP contribution in [0.25, 0.3) is 0 Å². The Bertz CT molecular complexity index is 419. The first-order chi connectivity index (χ1) is 10.3. The van der Waals surface area contributed by atoms with Gasteiger partial charge in [-0.1, -0.05) is 31.4 Å². The number of benzene rings is 1. The molecule has 3 N–H and O–H groups in total. The van der Waals surface area contributed by atoms with Gasteiger partial charge in [-0.15, -0.1) is 0 Å². The molecule has 21 heavy (non-hydrogen) atoms. The third kappa shape index (κ3) is 4.43. The van der Waals surface area contributed by atoms with Crippen LogP contribution in [0.5, 0.6) is 5.75 Å². The van der Waals surface area contributed by atoms with E-state index in [2.05, 4.69) is 17.6 Å². The lowest BCUT2D eigenvalue weighted by Crippen LogP contribution is -2.49. The minimum absolute atomic E-state index is 0.130. The molecule has 2 rings (SSSR count). The highest BCUT2D eigenvalue weighted by Gasteiger charge is 2.30. The number of rotatable bonds is 7. The molecule has 4 nitrogen and oxygen atoms in total. The molecule has 1 aliphatic rings. The molecule has 1 aliphatic carbocycles. The fourth-order valence-corrected chi connectivity index (χ4v) is 3.47. The van der Waals surface area contributed by atoms with E-state index in [0.29, 0.717) is 5.92 Å². The van der Waals surface area contributed by atoms with E-state index >= 15 is 0 Å². The highest BCUT2D eigenvalue weighted by atomic mass is 16.5. The van der Waals surface area contributed by atoms with Crippen LogP contribution in [0.2, 0.25) is 0 Å². The van der Waals surface area contributed by atoms with Gasteiger partial charge in [0.05, 0.1) is 19.3 Å². The second-order valence-corrected chi connectivity index (χ2v) is 5.93. The molecule has 0 amide bonds. The summed E-state index contributed by atoms with van der Waals surface area (Å²) in [5.41, 5.74) is 4.19. The largest absolute Gasteiger partial charge is 0.497 e. The number of ether oxygens (including phenoxy) is 2. The molecule has 0 aliphatic heterocycles. The van der Waals surface area contributed by atoms with Crippen LogP contribution < -0.4 is 16.0 Å². The van der Waals surface area contributed by atoms with Crippen molar-refractivity contribution in [2.75, 3.05) is 14.2 Å². The Hall–Kier alpha value is -1.10. The van der Waals surface area contributed by atoms with Crippen molar-refractivity contribution in [3.63, 3.8) is 0 Å². The van der Waals surface area contributed by atoms with Crippen molar-refractivity contribution in [1.29, 1.82) is 0 Å². The molecule has 1 aromatic rings. The van der Waals surface area contributed by atoms with Gasteiger partial charge >= 0.3 is 0 Å². The Kier molecular flexibility index (Phi) is 6.49. The van der Waals surface area contributed by atoms with Gasteiger partial charge in [-0.05, 0) is 42.9 Å². The average Bonchev–Trinajstić information content (AvgIpc) is 2.55. The summed E-state index contributed by atoms with van der Waals surface area (Å²) in [6, 6.07) is 8.29. The van der Waals surface area contributed by atoms with E-state index in [4.69, 9.17) is 15.3 Å². The zero-order chi connectivity index (χ0) is 15.1. The Balaban J connectivity index is 2.05. The van der Waals surface area contributed by atoms with Gasteiger partial charge in [0, 0.05) is 7.11 Å². The normalized spacial score (nSPS) is 19.2. The molecule has 118 valence electrons. The highest BCUT2D eigenvalue weighted by Crippen LogP contribution is 2.30. The maximum atomic E-state index is 5.81. The van der Waals surface area contributed by atoms with Gasteiger partial charge in [-0.2, -0.15) is 0 Å². The van der Waals surface area contributed by atoms with Crippen LogP contribution in [-0.4, -0.2) is 26.4 Å². The highest BCUT2D eigenvalue weighted by molar-refractivity contribution is 5.29. The fraction of sp³-hybridized carbons (Fsp3) is 0.647. The molecule has 2 atom stereocenters. The molecule has 0 aromatic heterocycles. The monoisotopic (exact) mass is 292 g/mol. The first-order valence-electron chi connectivity index (χ1n) is 7.90. The van der Waals surface area contributed by atoms with E-state index in [-0.39, 0.29) is 12.1 Å². The lowest BCUT2D eigenvalue weighted by atomic mass is 9.81. The summed E-state index contributed by atoms with van der Waals surface area (Å²) in [5, 5.41) is 0. The predicted octanol–water partition coefficient (Wildman–Crippen LogP) is 2.66. The summed E-state index contributed by atoms with van der Waals surface area (Å²) in [6.07, 6.45) is 7.47. The molecule has 0 saturated heterocycles. The molecule has 2 unspecified atom stereocenters. The molecule has 1 saturated carbocycles. The van der Waals surface area contributed by atoms with E-state index in [1.165, 1.54) is 37.7 Å². The van der Waals surface area contributed by atoms with E-state index < -0.39 is 0 Å². The van der Waals surface area contributed by atoms with E-state index in [9.17, 15) is 0 Å². The van der Waals surface area contributed by atoms with Crippen molar-refractivity contribution in [2.24, 2.45) is 11.8 Å². The summed E-state index contributed by atoms with van der Waals surface area (Å²) < 4.78 is 11.1. The van der Waals surface area contributed by atoms with Crippen molar-refractivity contribution in [2.45, 2.75) is 50.7 Å². The second-order valence-electron chi connectivity index (χ2n) is 5.93. The number of hydrazine groups is 1. The van der Waals surface area contributed by atoms with Crippen LogP contribution in [0, 0.1) is 5.92 Å². The number of hydrogen-bond acceptors (Lipinski definition) is 4. The minimum atomic E-state index is 0.130. The summed E-state index contributed by atoms with van der Waals surface area (Å²) in [4.78, 5) is 0. The summed E-state index contributed by atoms with van der Waals surface area (Å²) in [7, 11) is 3.49. The second kappa shape index (κ2) is 8.37. The standard InChI is InChI=1S/C17H28N2O2/c1-20-15-10-6-7-13(11-15)12-16(19-18)17(21-2)14-8-4-3-5-9-14/h6-7,10-11,14,16-17,19H,3-5,8-9,12,18H2,1-2H3. The number of methoxy groups -OCH3 is 2. The van der Waals surface area contributed by atoms with Crippen LogP contribution in [0.3, 0.4) is 0 Å². The Labute approximate surface area is 128 Å². The van der Waals surface area contributed by atoms with Crippen molar-refractivity contribution >= 4 is 0 Å². The number of nitrogens with two attached hydrogens (primary N) is 1. The maximum absolute atomic E-state index is 5.81. The third-order valence-corrected chi connectivity index (χ3v) is 4.59. The van der Waals surface area contributed by atoms with Crippen LogP contribution in [-0.2, 0) is 11.2 Å². The zero-order valence-electron chi connectivity index (χ0n) is 13.2. The molecule has 1 fully saturated rings. The molecule has 0 spiro atoms. The van der Waals surface area contributed by atoms with Crippen LogP contribution in [0.15, 0.2) is 24.3 Å². The number of nitrogens with one attached hydrogen (secondary N) is 1. The number of hydrogen-bond donors (Lipinski definition) is 2. The first kappa shape index (κ1) is 16.3. The molecular weight excluding hydrogens is 264 g/mol. The summed E-state index contributed by atoms with van der Waals surface area (Å²) >= 11 is 0. The molecule has 0 bridgehead atoms. The lowest BCUT2D eigenvalue weighted by Gasteiger charge is -2.34. The summed E-state index contributed by atoms with van der Waals surface area (Å²) in [5.74, 6) is 7.30. The average molecular weight is 292 g/mol. The van der Waals surface area contributed by atoms with Gasteiger partial charge in [0.2, 0.25) is 0 Å². The van der Waals surface area contributed by atoms with Gasteiger partial charge in [0.1, 0.15) is 5.75 Å². The van der Waals surface area contributed by atoms with Crippen molar-refractivity contribution in [1.82, 2.24) is 5.43 Å². The SMILES string of the molecule is COc1cccc(CC(NN)C(OC)C2CCCCC2)c1. The van der Waals surface area contributed by atoms with Gasteiger partial charge in [-0.25, -0.2) is 0 Å². The Morgan fingerprint density at radius 2 is 2.00 bits per heavy atom. The molecule has 4 heteroatoms. The molecule has 0 heterocycles. The molecule has 1 aromatic carbocycles. The smallest absolute Gasteiger partial charge is 0.119 e. The Morgan fingerprint density at radius 3 is 2.62 bits per heavy atom. The minimum Gasteiger partial charge on any atom is -0.497 e. The van der Waals surface area contributed by atoms with Crippen molar-refractivity contribution in [3.8, 4) is 5.75 Å². The Morgan fingerprint density at radius 1 is 1.24 bits per heavy atom. The van der Waals surface area contributed by atoms with Crippen LogP contribution in [0.1, 0.15) is 37.7 Å². The lowest BCUT2D eigenvalue weighted by molar-refractivity contribution is 0.00826. The fourth-order valence-electron chi connectivity index (χ4n) is 3.47. The predicted molar refractivity (Wildman–Crippen MR) is 85.2 cm³/mol. The van der Waals surface area contributed by atoms with E-state index in [0.717, 1.165) is 12.2 Å². The third-order valence-electron chi connectivity index (χ3n) is 4.59. The molecular formula is C17H28N2O2. The van der Waals surface area contributed by atoms with Gasteiger partial charge < -0.3 is 9.47 Å². The zero-order valence-corrected chi connectivity index (χ0v) is 13.2. The van der Waals surface area contributed by atoms with E-state index in [1.54, 1.807) is 14.2 Å². The van der Waals surface area contributed by atoms with E-state index in [1.807, 2.05) is 12.1 Å². The van der Waals surface area contributed by atoms with Gasteiger partial charge in [0.15, 0.2) is 0 Å². The maximum Gasteiger partial charge on any atom is 0.119 e. The van der Waals surface area contributed by atoms with Crippen molar-refractivity contribution < 1.29 is 9.47 Å².